The molecule has 6 nitrogen and oxygen atoms in total. The molecule has 1 aromatic heterocycles. The molecule has 17 heavy (non-hydrogen) atoms. The van der Waals surface area contributed by atoms with Gasteiger partial charge in [-0.3, -0.25) is 14.6 Å². The topological polar surface area (TPSA) is 62.3 Å². The van der Waals surface area contributed by atoms with Crippen LogP contribution in [0.1, 0.15) is 32.6 Å². The number of carbonyl (C=O) groups is 1. The lowest BCUT2D eigenvalue weighted by Crippen LogP contribution is -2.60. The number of nitrogens with zero attached hydrogens (tertiary/aromatic N) is 3. The van der Waals surface area contributed by atoms with Crippen molar-refractivity contribution in [2.24, 2.45) is 0 Å². The van der Waals surface area contributed by atoms with Gasteiger partial charge < -0.3 is 0 Å². The Hall–Kier alpha value is -1.30. The predicted octanol–water partition coefficient (Wildman–Crippen LogP) is 1.09. The van der Waals surface area contributed by atoms with Crippen molar-refractivity contribution in [3.8, 4) is 0 Å². The van der Waals surface area contributed by atoms with Crippen LogP contribution in [0.25, 0.3) is 0 Å². The SMILES string of the molecule is CC(=O)Nc1on[n+](N2CCCCCC2)c1Cl. The molecule has 94 valence electrons. The Morgan fingerprint density at radius 2 is 2.06 bits per heavy atom. The molecule has 2 rings (SSSR count). The van der Waals surface area contributed by atoms with Crippen molar-refractivity contribution >= 4 is 23.4 Å². The first-order chi connectivity index (χ1) is 8.18. The first kappa shape index (κ1) is 12.2. The number of nitrogens with one attached hydrogen (secondary N) is 1. The fourth-order valence-corrected chi connectivity index (χ4v) is 2.12. The van der Waals surface area contributed by atoms with E-state index in [0.29, 0.717) is 5.15 Å². The van der Waals surface area contributed by atoms with E-state index in [-0.39, 0.29) is 11.8 Å². The first-order valence-electron chi connectivity index (χ1n) is 5.79. The average Bonchev–Trinajstić information content (AvgIpc) is 2.55. The molecule has 0 aliphatic carbocycles. The molecule has 0 saturated carbocycles. The number of hydrogen-bond acceptors (Lipinski definition) is 4. The molecule has 7 heteroatoms. The lowest BCUT2D eigenvalue weighted by molar-refractivity contribution is -0.756. The highest BCUT2D eigenvalue weighted by molar-refractivity contribution is 6.30. The quantitative estimate of drug-likeness (QED) is 0.808. The maximum Gasteiger partial charge on any atom is 0.400 e. The highest BCUT2D eigenvalue weighted by Crippen LogP contribution is 2.16. The summed E-state index contributed by atoms with van der Waals surface area (Å²) in [5.41, 5.74) is 0. The second-order valence-corrected chi connectivity index (χ2v) is 4.49. The molecule has 0 radical (unpaired) electrons. The van der Waals surface area contributed by atoms with Crippen LogP contribution in [0.4, 0.5) is 5.88 Å². The summed E-state index contributed by atoms with van der Waals surface area (Å²) in [5.74, 6) is -0.0329. The third-order valence-corrected chi connectivity index (χ3v) is 3.04. The van der Waals surface area contributed by atoms with Crippen LogP contribution in [0, 0.1) is 0 Å². The van der Waals surface area contributed by atoms with Gasteiger partial charge in [-0.05, 0) is 12.8 Å². The van der Waals surface area contributed by atoms with Gasteiger partial charge in [0, 0.05) is 18.5 Å². The minimum absolute atomic E-state index is 0.198. The van der Waals surface area contributed by atoms with E-state index in [9.17, 15) is 4.79 Å². The molecule has 1 aromatic rings. The molecule has 0 aromatic carbocycles. The van der Waals surface area contributed by atoms with Crippen LogP contribution >= 0.6 is 11.6 Å². The summed E-state index contributed by atoms with van der Waals surface area (Å²) in [4.78, 5) is 12.5. The van der Waals surface area contributed by atoms with Crippen molar-refractivity contribution in [2.75, 3.05) is 23.4 Å². The number of aromatic nitrogens is 2. The molecule has 2 heterocycles. The van der Waals surface area contributed by atoms with Crippen LogP contribution in [-0.4, -0.2) is 24.3 Å². The van der Waals surface area contributed by atoms with Crippen molar-refractivity contribution in [3.63, 3.8) is 0 Å². The number of rotatable bonds is 2. The van der Waals surface area contributed by atoms with Gasteiger partial charge in [0.1, 0.15) is 0 Å². The van der Waals surface area contributed by atoms with Crippen molar-refractivity contribution in [1.29, 1.82) is 0 Å². The van der Waals surface area contributed by atoms with Gasteiger partial charge in [0.2, 0.25) is 11.2 Å². The van der Waals surface area contributed by atoms with E-state index >= 15 is 0 Å². The summed E-state index contributed by atoms with van der Waals surface area (Å²) >= 11 is 6.11. The average molecular weight is 260 g/mol. The maximum absolute atomic E-state index is 10.9. The van der Waals surface area contributed by atoms with E-state index in [2.05, 4.69) is 10.6 Å². The zero-order chi connectivity index (χ0) is 12.3. The summed E-state index contributed by atoms with van der Waals surface area (Å²) < 4.78 is 5.01. The van der Waals surface area contributed by atoms with Crippen molar-refractivity contribution in [2.45, 2.75) is 32.6 Å². The van der Waals surface area contributed by atoms with Crippen LogP contribution in [0.3, 0.4) is 0 Å². The van der Waals surface area contributed by atoms with Gasteiger partial charge in [-0.1, -0.05) is 12.8 Å². The molecule has 1 saturated heterocycles. The van der Waals surface area contributed by atoms with Crippen LogP contribution in [0.5, 0.6) is 0 Å². The molecule has 0 bridgehead atoms. The number of anilines is 1. The molecule has 1 fully saturated rings. The molecule has 1 aliphatic heterocycles. The van der Waals surface area contributed by atoms with Crippen LogP contribution < -0.4 is 15.1 Å². The normalized spacial score (nSPS) is 16.7. The number of carbonyl (C=O) groups excluding carboxylic acids is 1. The Labute approximate surface area is 104 Å². The van der Waals surface area contributed by atoms with Gasteiger partial charge in [0.25, 0.3) is 0 Å². The number of halogens is 1. The molecular formula is C10H16ClN4O2+. The van der Waals surface area contributed by atoms with E-state index < -0.39 is 0 Å². The van der Waals surface area contributed by atoms with Crippen molar-refractivity contribution in [1.82, 2.24) is 5.27 Å². The zero-order valence-corrected chi connectivity index (χ0v) is 10.5. The highest BCUT2D eigenvalue weighted by Gasteiger charge is 2.29. The third kappa shape index (κ3) is 2.88. The van der Waals surface area contributed by atoms with Gasteiger partial charge >= 0.3 is 11.0 Å². The molecule has 0 unspecified atom stereocenters. The number of amides is 1. The van der Waals surface area contributed by atoms with Crippen molar-refractivity contribution in [3.05, 3.63) is 5.15 Å². The first-order valence-corrected chi connectivity index (χ1v) is 6.16. The van der Waals surface area contributed by atoms with Gasteiger partial charge in [-0.25, -0.2) is 0 Å². The highest BCUT2D eigenvalue weighted by atomic mass is 35.5. The Balaban J connectivity index is 2.14. The Kier molecular flexibility index (Phi) is 3.83. The minimum Gasteiger partial charge on any atom is -0.288 e. The lowest BCUT2D eigenvalue weighted by atomic mass is 10.2. The van der Waals surface area contributed by atoms with E-state index in [0.717, 1.165) is 25.9 Å². The smallest absolute Gasteiger partial charge is 0.288 e. The largest absolute Gasteiger partial charge is 0.400 e. The molecule has 0 atom stereocenters. The molecular weight excluding hydrogens is 244 g/mol. The summed E-state index contributed by atoms with van der Waals surface area (Å²) in [7, 11) is 0. The van der Waals surface area contributed by atoms with Gasteiger partial charge in [0.15, 0.2) is 0 Å². The monoisotopic (exact) mass is 259 g/mol. The van der Waals surface area contributed by atoms with Crippen LogP contribution in [0.2, 0.25) is 5.15 Å². The third-order valence-electron chi connectivity index (χ3n) is 2.71. The van der Waals surface area contributed by atoms with Gasteiger partial charge in [0.05, 0.1) is 17.9 Å². The van der Waals surface area contributed by atoms with Crippen molar-refractivity contribution < 1.29 is 14.1 Å². The zero-order valence-electron chi connectivity index (χ0n) is 9.78. The summed E-state index contributed by atoms with van der Waals surface area (Å²) in [6.45, 7) is 3.20. The van der Waals surface area contributed by atoms with E-state index in [1.165, 1.54) is 24.6 Å². The fourth-order valence-electron chi connectivity index (χ4n) is 1.90. The second-order valence-electron chi connectivity index (χ2n) is 4.13. The Morgan fingerprint density at radius 1 is 1.41 bits per heavy atom. The molecule has 1 amide bonds. The summed E-state index contributed by atoms with van der Waals surface area (Å²) in [6.07, 6.45) is 4.69. The molecule has 1 N–H and O–H groups in total. The molecule has 1 aliphatic rings. The number of hydrogen-bond donors (Lipinski definition) is 1. The van der Waals surface area contributed by atoms with E-state index in [1.807, 2.05) is 5.01 Å². The lowest BCUT2D eigenvalue weighted by Gasteiger charge is -2.09. The van der Waals surface area contributed by atoms with E-state index in [4.69, 9.17) is 16.1 Å². The molecule has 0 spiro atoms. The predicted molar refractivity (Wildman–Crippen MR) is 62.4 cm³/mol. The van der Waals surface area contributed by atoms with Crippen LogP contribution in [0.15, 0.2) is 4.52 Å². The van der Waals surface area contributed by atoms with E-state index in [1.54, 1.807) is 0 Å². The minimum atomic E-state index is -0.230. The fraction of sp³-hybridized carbons (Fsp3) is 0.700. The standard InChI is InChI=1S/C10H15ClN4O2/c1-8(16)12-10-9(11)15(13-17-10)14-6-4-2-3-5-7-14/h2-7H2,1H3/p+1. The maximum atomic E-state index is 10.9. The second kappa shape index (κ2) is 5.35. The van der Waals surface area contributed by atoms with Crippen LogP contribution in [-0.2, 0) is 4.79 Å². The Morgan fingerprint density at radius 3 is 2.65 bits per heavy atom. The summed E-state index contributed by atoms with van der Waals surface area (Å²) in [5, 5.41) is 8.70. The summed E-state index contributed by atoms with van der Waals surface area (Å²) in [6, 6.07) is 0. The van der Waals surface area contributed by atoms with Gasteiger partial charge in [-0.2, -0.15) is 5.01 Å². The van der Waals surface area contributed by atoms with Gasteiger partial charge in [-0.15, -0.1) is 0 Å². The Bertz CT molecular complexity index is 399.